The third-order valence-electron chi connectivity index (χ3n) is 3.10. The maximum Gasteiger partial charge on any atom is 0.251 e. The number of carbonyl (C=O) groups excluding carboxylic acids is 1. The minimum absolute atomic E-state index is 0.0336. The number of carbonyl (C=O) groups is 1. The highest BCUT2D eigenvalue weighted by molar-refractivity contribution is 7.99. The van der Waals surface area contributed by atoms with Crippen LogP contribution < -0.4 is 10.2 Å². The van der Waals surface area contributed by atoms with Gasteiger partial charge in [0.05, 0.1) is 5.69 Å². The van der Waals surface area contributed by atoms with Crippen LogP contribution in [0, 0.1) is 0 Å². The van der Waals surface area contributed by atoms with Gasteiger partial charge >= 0.3 is 0 Å². The second kappa shape index (κ2) is 6.14. The number of anilines is 1. The van der Waals surface area contributed by atoms with Crippen LogP contribution in [0.25, 0.3) is 0 Å². The molecule has 18 heavy (non-hydrogen) atoms. The van der Waals surface area contributed by atoms with Gasteiger partial charge in [-0.3, -0.25) is 4.79 Å². The van der Waals surface area contributed by atoms with Gasteiger partial charge in [0, 0.05) is 35.8 Å². The third-order valence-corrected chi connectivity index (χ3v) is 4.14. The standard InChI is InChI=1S/C14H20N2OS/c1-3-7-15-14(17)11-5-6-13-12(10-11)16(4-2)8-9-18-13/h5-6,10H,3-4,7-9H2,1-2H3,(H,15,17). The number of amides is 1. The van der Waals surface area contributed by atoms with Gasteiger partial charge in [0.2, 0.25) is 0 Å². The number of benzene rings is 1. The van der Waals surface area contributed by atoms with Crippen LogP contribution in [0.4, 0.5) is 5.69 Å². The summed E-state index contributed by atoms with van der Waals surface area (Å²) in [5.41, 5.74) is 1.97. The van der Waals surface area contributed by atoms with E-state index >= 15 is 0 Å². The molecule has 1 heterocycles. The Morgan fingerprint density at radius 1 is 1.44 bits per heavy atom. The first-order valence-electron chi connectivity index (χ1n) is 6.56. The normalized spacial score (nSPS) is 14.2. The van der Waals surface area contributed by atoms with Crippen LogP contribution in [-0.2, 0) is 0 Å². The summed E-state index contributed by atoms with van der Waals surface area (Å²) in [6.07, 6.45) is 0.966. The molecule has 1 N–H and O–H groups in total. The number of nitrogens with zero attached hydrogens (tertiary/aromatic N) is 1. The molecular weight excluding hydrogens is 244 g/mol. The molecule has 1 aliphatic heterocycles. The lowest BCUT2D eigenvalue weighted by atomic mass is 10.1. The average molecular weight is 264 g/mol. The fourth-order valence-electron chi connectivity index (χ4n) is 2.08. The number of hydrogen-bond donors (Lipinski definition) is 1. The van der Waals surface area contributed by atoms with Gasteiger partial charge in [-0.1, -0.05) is 6.92 Å². The van der Waals surface area contributed by atoms with Crippen molar-refractivity contribution in [2.24, 2.45) is 0 Å². The number of hydrogen-bond acceptors (Lipinski definition) is 3. The summed E-state index contributed by atoms with van der Waals surface area (Å²) in [5, 5.41) is 2.92. The van der Waals surface area contributed by atoms with E-state index in [-0.39, 0.29) is 5.91 Å². The molecule has 1 aromatic carbocycles. The van der Waals surface area contributed by atoms with Crippen molar-refractivity contribution in [1.82, 2.24) is 5.32 Å². The van der Waals surface area contributed by atoms with E-state index in [1.54, 1.807) is 0 Å². The van der Waals surface area contributed by atoms with Crippen molar-refractivity contribution in [2.45, 2.75) is 25.2 Å². The topological polar surface area (TPSA) is 32.3 Å². The molecule has 98 valence electrons. The van der Waals surface area contributed by atoms with Crippen molar-refractivity contribution >= 4 is 23.4 Å². The predicted octanol–water partition coefficient (Wildman–Crippen LogP) is 2.76. The smallest absolute Gasteiger partial charge is 0.251 e. The summed E-state index contributed by atoms with van der Waals surface area (Å²) in [7, 11) is 0. The molecule has 0 bridgehead atoms. The molecule has 0 atom stereocenters. The van der Waals surface area contributed by atoms with Crippen LogP contribution in [-0.4, -0.2) is 31.3 Å². The molecule has 0 saturated carbocycles. The van der Waals surface area contributed by atoms with E-state index in [1.807, 2.05) is 23.9 Å². The molecule has 1 aliphatic rings. The van der Waals surface area contributed by atoms with Crippen molar-refractivity contribution in [3.05, 3.63) is 23.8 Å². The lowest BCUT2D eigenvalue weighted by Crippen LogP contribution is -2.29. The quantitative estimate of drug-likeness (QED) is 0.907. The highest BCUT2D eigenvalue weighted by Crippen LogP contribution is 2.35. The van der Waals surface area contributed by atoms with Crippen molar-refractivity contribution in [2.75, 3.05) is 30.3 Å². The molecule has 3 nitrogen and oxygen atoms in total. The summed E-state index contributed by atoms with van der Waals surface area (Å²) in [6, 6.07) is 6.02. The molecule has 0 fully saturated rings. The van der Waals surface area contributed by atoms with E-state index in [0.717, 1.165) is 37.4 Å². The fourth-order valence-corrected chi connectivity index (χ4v) is 3.11. The molecule has 0 unspecified atom stereocenters. The van der Waals surface area contributed by atoms with Gasteiger partial charge in [0.15, 0.2) is 0 Å². The summed E-state index contributed by atoms with van der Waals surface area (Å²) in [4.78, 5) is 15.6. The van der Waals surface area contributed by atoms with Crippen LogP contribution in [0.15, 0.2) is 23.1 Å². The highest BCUT2D eigenvalue weighted by atomic mass is 32.2. The summed E-state index contributed by atoms with van der Waals surface area (Å²) in [5.74, 6) is 1.16. The Labute approximate surface area is 113 Å². The zero-order chi connectivity index (χ0) is 13.0. The van der Waals surface area contributed by atoms with Crippen LogP contribution in [0.1, 0.15) is 30.6 Å². The summed E-state index contributed by atoms with van der Waals surface area (Å²) < 4.78 is 0. The molecule has 2 rings (SSSR count). The third kappa shape index (κ3) is 2.80. The number of thioether (sulfide) groups is 1. The van der Waals surface area contributed by atoms with Gasteiger partial charge < -0.3 is 10.2 Å². The Bertz CT molecular complexity index is 434. The van der Waals surface area contributed by atoms with Crippen LogP contribution >= 0.6 is 11.8 Å². The van der Waals surface area contributed by atoms with Crippen LogP contribution in [0.2, 0.25) is 0 Å². The van der Waals surface area contributed by atoms with Gasteiger partial charge in [-0.15, -0.1) is 11.8 Å². The minimum Gasteiger partial charge on any atom is -0.370 e. The largest absolute Gasteiger partial charge is 0.370 e. The molecule has 0 saturated heterocycles. The predicted molar refractivity (Wildman–Crippen MR) is 77.7 cm³/mol. The van der Waals surface area contributed by atoms with Gasteiger partial charge in [-0.2, -0.15) is 0 Å². The Morgan fingerprint density at radius 2 is 2.28 bits per heavy atom. The van der Waals surface area contributed by atoms with Crippen molar-refractivity contribution in [3.8, 4) is 0 Å². The molecule has 1 amide bonds. The lowest BCUT2D eigenvalue weighted by Gasteiger charge is -2.30. The van der Waals surface area contributed by atoms with E-state index in [9.17, 15) is 4.79 Å². The van der Waals surface area contributed by atoms with Crippen LogP contribution in [0.5, 0.6) is 0 Å². The molecule has 4 heteroatoms. The average Bonchev–Trinajstić information content (AvgIpc) is 2.43. The Kier molecular flexibility index (Phi) is 4.53. The number of nitrogens with one attached hydrogen (secondary N) is 1. The van der Waals surface area contributed by atoms with Gasteiger partial charge in [-0.05, 0) is 31.5 Å². The van der Waals surface area contributed by atoms with Crippen molar-refractivity contribution < 1.29 is 4.79 Å². The Hall–Kier alpha value is -1.16. The second-order valence-electron chi connectivity index (χ2n) is 4.37. The first-order valence-corrected chi connectivity index (χ1v) is 7.54. The highest BCUT2D eigenvalue weighted by Gasteiger charge is 2.17. The molecule has 0 spiro atoms. The van der Waals surface area contributed by atoms with Crippen molar-refractivity contribution in [3.63, 3.8) is 0 Å². The summed E-state index contributed by atoms with van der Waals surface area (Å²) in [6.45, 7) is 7.01. The monoisotopic (exact) mass is 264 g/mol. The van der Waals surface area contributed by atoms with Crippen molar-refractivity contribution in [1.29, 1.82) is 0 Å². The zero-order valence-electron chi connectivity index (χ0n) is 11.0. The lowest BCUT2D eigenvalue weighted by molar-refractivity contribution is 0.0953. The number of rotatable bonds is 4. The first kappa shape index (κ1) is 13.3. The van der Waals surface area contributed by atoms with Gasteiger partial charge in [0.1, 0.15) is 0 Å². The minimum atomic E-state index is 0.0336. The second-order valence-corrected chi connectivity index (χ2v) is 5.50. The van der Waals surface area contributed by atoms with E-state index in [0.29, 0.717) is 0 Å². The first-order chi connectivity index (χ1) is 8.76. The van der Waals surface area contributed by atoms with E-state index in [4.69, 9.17) is 0 Å². The van der Waals surface area contributed by atoms with E-state index < -0.39 is 0 Å². The zero-order valence-corrected chi connectivity index (χ0v) is 11.8. The Morgan fingerprint density at radius 3 is 3.00 bits per heavy atom. The SMILES string of the molecule is CCCNC(=O)c1ccc2c(c1)N(CC)CCS2. The maximum atomic E-state index is 11.9. The van der Waals surface area contributed by atoms with Gasteiger partial charge in [-0.25, -0.2) is 0 Å². The van der Waals surface area contributed by atoms with Crippen LogP contribution in [0.3, 0.4) is 0 Å². The molecule has 1 aromatic rings. The molecule has 0 aliphatic carbocycles. The fraction of sp³-hybridized carbons (Fsp3) is 0.500. The molecule has 0 aromatic heterocycles. The maximum absolute atomic E-state index is 11.9. The molecule has 0 radical (unpaired) electrons. The Balaban J connectivity index is 2.22. The van der Waals surface area contributed by atoms with Gasteiger partial charge in [0.25, 0.3) is 5.91 Å². The van der Waals surface area contributed by atoms with E-state index in [2.05, 4.69) is 30.1 Å². The molecular formula is C14H20N2OS. The summed E-state index contributed by atoms with van der Waals surface area (Å²) >= 11 is 1.87. The van der Waals surface area contributed by atoms with E-state index in [1.165, 1.54) is 10.6 Å². The number of fused-ring (bicyclic) bond motifs is 1.